The molecule has 0 atom stereocenters. The third-order valence-corrected chi connectivity index (χ3v) is 2.51. The summed E-state index contributed by atoms with van der Waals surface area (Å²) in [5.41, 5.74) is 8.36. The molecule has 0 unspecified atom stereocenters. The van der Waals surface area contributed by atoms with E-state index in [0.717, 1.165) is 17.1 Å². The first kappa shape index (κ1) is 11.7. The molecular weight excluding hydrogens is 214 g/mol. The lowest BCUT2D eigenvalue weighted by Gasteiger charge is -2.04. The van der Waals surface area contributed by atoms with E-state index in [-0.39, 0.29) is 0 Å². The van der Waals surface area contributed by atoms with Gasteiger partial charge < -0.3 is 5.73 Å². The minimum Gasteiger partial charge on any atom is -0.325 e. The van der Waals surface area contributed by atoms with Crippen molar-refractivity contribution in [2.75, 3.05) is 0 Å². The Labute approximate surface area is 101 Å². The first-order valence-electron chi connectivity index (χ1n) is 5.70. The van der Waals surface area contributed by atoms with Crippen LogP contribution >= 0.6 is 0 Å². The van der Waals surface area contributed by atoms with E-state index in [0.29, 0.717) is 18.4 Å². The van der Waals surface area contributed by atoms with Crippen molar-refractivity contribution in [3.63, 3.8) is 0 Å². The van der Waals surface area contributed by atoms with Crippen LogP contribution in [-0.2, 0) is 6.54 Å². The Bertz CT molecular complexity index is 515. The van der Waals surface area contributed by atoms with Gasteiger partial charge in [-0.3, -0.25) is 0 Å². The summed E-state index contributed by atoms with van der Waals surface area (Å²) in [6.45, 7) is 6.55. The van der Waals surface area contributed by atoms with Gasteiger partial charge in [0.15, 0.2) is 0 Å². The zero-order chi connectivity index (χ0) is 12.4. The van der Waals surface area contributed by atoms with Gasteiger partial charge in [-0.25, -0.2) is 14.6 Å². The van der Waals surface area contributed by atoms with Gasteiger partial charge in [0.25, 0.3) is 5.95 Å². The summed E-state index contributed by atoms with van der Waals surface area (Å²) < 4.78 is 1.70. The average molecular weight is 231 g/mol. The molecule has 0 saturated carbocycles. The standard InChI is InChI=1S/C12H17N5/c1-8(2)11-4-5-17(16-11)12-14-9(3)6-10(7-13)15-12/h4-6,8H,7,13H2,1-3H3. The summed E-state index contributed by atoms with van der Waals surface area (Å²) in [6.07, 6.45) is 1.88. The lowest BCUT2D eigenvalue weighted by molar-refractivity contribution is 0.732. The molecule has 2 heterocycles. The van der Waals surface area contributed by atoms with Crippen LogP contribution in [0.3, 0.4) is 0 Å². The molecule has 0 fully saturated rings. The second-order valence-electron chi connectivity index (χ2n) is 4.34. The number of hydrogen-bond donors (Lipinski definition) is 1. The van der Waals surface area contributed by atoms with Crippen molar-refractivity contribution in [2.24, 2.45) is 5.73 Å². The molecule has 0 saturated heterocycles. The molecule has 5 nitrogen and oxygen atoms in total. The Morgan fingerprint density at radius 3 is 2.71 bits per heavy atom. The predicted molar refractivity (Wildman–Crippen MR) is 65.9 cm³/mol. The Morgan fingerprint density at radius 2 is 2.12 bits per heavy atom. The third-order valence-electron chi connectivity index (χ3n) is 2.51. The van der Waals surface area contributed by atoms with E-state index in [4.69, 9.17) is 5.73 Å². The van der Waals surface area contributed by atoms with Crippen molar-refractivity contribution in [1.82, 2.24) is 19.7 Å². The fraction of sp³-hybridized carbons (Fsp3) is 0.417. The zero-order valence-electron chi connectivity index (χ0n) is 10.4. The van der Waals surface area contributed by atoms with Gasteiger partial charge in [0, 0.05) is 18.4 Å². The maximum atomic E-state index is 5.60. The molecule has 2 aromatic heterocycles. The molecule has 2 aromatic rings. The normalized spacial score (nSPS) is 11.1. The van der Waals surface area contributed by atoms with E-state index in [1.165, 1.54) is 0 Å². The lowest BCUT2D eigenvalue weighted by atomic mass is 10.1. The summed E-state index contributed by atoms with van der Waals surface area (Å²) in [4.78, 5) is 8.72. The Balaban J connectivity index is 2.41. The zero-order valence-corrected chi connectivity index (χ0v) is 10.4. The summed E-state index contributed by atoms with van der Waals surface area (Å²) >= 11 is 0. The van der Waals surface area contributed by atoms with E-state index in [1.54, 1.807) is 4.68 Å². The number of nitrogens with zero attached hydrogens (tertiary/aromatic N) is 4. The van der Waals surface area contributed by atoms with Gasteiger partial charge in [-0.1, -0.05) is 13.8 Å². The molecular formula is C12H17N5. The second-order valence-corrected chi connectivity index (χ2v) is 4.34. The molecule has 0 amide bonds. The van der Waals surface area contributed by atoms with E-state index in [9.17, 15) is 0 Å². The van der Waals surface area contributed by atoms with Crippen LogP contribution in [-0.4, -0.2) is 19.7 Å². The molecule has 2 N–H and O–H groups in total. The van der Waals surface area contributed by atoms with Gasteiger partial charge in [-0.05, 0) is 25.0 Å². The molecule has 5 heteroatoms. The molecule has 0 aromatic carbocycles. The highest BCUT2D eigenvalue weighted by Crippen LogP contribution is 2.12. The first-order valence-corrected chi connectivity index (χ1v) is 5.70. The third kappa shape index (κ3) is 2.50. The maximum absolute atomic E-state index is 5.60. The van der Waals surface area contributed by atoms with Crippen LogP contribution in [0, 0.1) is 6.92 Å². The Kier molecular flexibility index (Phi) is 3.19. The molecule has 0 aliphatic heterocycles. The van der Waals surface area contributed by atoms with Crippen LogP contribution in [0.5, 0.6) is 0 Å². The number of nitrogens with two attached hydrogens (primary N) is 1. The topological polar surface area (TPSA) is 69.6 Å². The van der Waals surface area contributed by atoms with Gasteiger partial charge in [0.05, 0.1) is 11.4 Å². The predicted octanol–water partition coefficient (Wildman–Crippen LogP) is 1.55. The number of aryl methyl sites for hydroxylation is 1. The van der Waals surface area contributed by atoms with Gasteiger partial charge in [0.2, 0.25) is 0 Å². The fourth-order valence-electron chi connectivity index (χ4n) is 1.58. The van der Waals surface area contributed by atoms with E-state index < -0.39 is 0 Å². The molecule has 2 rings (SSSR count). The van der Waals surface area contributed by atoms with Crippen molar-refractivity contribution in [2.45, 2.75) is 33.2 Å². The molecule has 0 bridgehead atoms. The summed E-state index contributed by atoms with van der Waals surface area (Å²) in [5, 5.41) is 4.45. The van der Waals surface area contributed by atoms with Crippen LogP contribution in [0.4, 0.5) is 0 Å². The minimum atomic E-state index is 0.398. The van der Waals surface area contributed by atoms with E-state index in [1.807, 2.05) is 25.3 Å². The maximum Gasteiger partial charge on any atom is 0.251 e. The number of aromatic nitrogens is 4. The van der Waals surface area contributed by atoms with Crippen LogP contribution < -0.4 is 5.73 Å². The summed E-state index contributed by atoms with van der Waals surface area (Å²) in [5.74, 6) is 0.979. The van der Waals surface area contributed by atoms with Crippen molar-refractivity contribution >= 4 is 0 Å². The van der Waals surface area contributed by atoms with Crippen molar-refractivity contribution in [3.8, 4) is 5.95 Å². The highest BCUT2D eigenvalue weighted by molar-refractivity contribution is 5.19. The number of rotatable bonds is 3. The van der Waals surface area contributed by atoms with Gasteiger partial charge in [-0.15, -0.1) is 0 Å². The number of hydrogen-bond acceptors (Lipinski definition) is 4. The summed E-state index contributed by atoms with van der Waals surface area (Å²) in [6, 6.07) is 3.87. The van der Waals surface area contributed by atoms with Crippen LogP contribution in [0.2, 0.25) is 0 Å². The molecule has 0 radical (unpaired) electrons. The highest BCUT2D eigenvalue weighted by Gasteiger charge is 2.08. The molecule has 0 aliphatic carbocycles. The van der Waals surface area contributed by atoms with Gasteiger partial charge in [-0.2, -0.15) is 5.10 Å². The smallest absolute Gasteiger partial charge is 0.251 e. The van der Waals surface area contributed by atoms with Crippen LogP contribution in [0.15, 0.2) is 18.3 Å². The van der Waals surface area contributed by atoms with Crippen molar-refractivity contribution in [1.29, 1.82) is 0 Å². The highest BCUT2D eigenvalue weighted by atomic mass is 15.3. The van der Waals surface area contributed by atoms with E-state index >= 15 is 0 Å². The van der Waals surface area contributed by atoms with Gasteiger partial charge >= 0.3 is 0 Å². The summed E-state index contributed by atoms with van der Waals surface area (Å²) in [7, 11) is 0. The van der Waals surface area contributed by atoms with E-state index in [2.05, 4.69) is 28.9 Å². The lowest BCUT2D eigenvalue weighted by Crippen LogP contribution is -2.08. The minimum absolute atomic E-state index is 0.398. The average Bonchev–Trinajstić information content (AvgIpc) is 2.77. The fourth-order valence-corrected chi connectivity index (χ4v) is 1.58. The van der Waals surface area contributed by atoms with Crippen molar-refractivity contribution in [3.05, 3.63) is 35.4 Å². The molecule has 17 heavy (non-hydrogen) atoms. The molecule has 90 valence electrons. The van der Waals surface area contributed by atoms with Crippen LogP contribution in [0.1, 0.15) is 36.8 Å². The van der Waals surface area contributed by atoms with Gasteiger partial charge in [0.1, 0.15) is 0 Å². The largest absolute Gasteiger partial charge is 0.325 e. The first-order chi connectivity index (χ1) is 8.10. The van der Waals surface area contributed by atoms with Crippen LogP contribution in [0.25, 0.3) is 5.95 Å². The Morgan fingerprint density at radius 1 is 1.35 bits per heavy atom. The SMILES string of the molecule is Cc1cc(CN)nc(-n2ccc(C(C)C)n2)n1. The molecule has 0 spiro atoms. The molecule has 0 aliphatic rings. The quantitative estimate of drug-likeness (QED) is 0.870. The van der Waals surface area contributed by atoms with Crippen molar-refractivity contribution < 1.29 is 0 Å². The monoisotopic (exact) mass is 231 g/mol. The second kappa shape index (κ2) is 4.63. The Hall–Kier alpha value is -1.75.